The first-order valence-electron chi connectivity index (χ1n) is 8.95. The number of likely N-dealkylation sites (N-methyl/N-ethyl adjacent to an activating group) is 1. The van der Waals surface area contributed by atoms with Crippen molar-refractivity contribution in [3.05, 3.63) is 70.6 Å². The lowest BCUT2D eigenvalue weighted by Crippen LogP contribution is -2.35. The van der Waals surface area contributed by atoms with E-state index in [1.54, 1.807) is 31.2 Å². The Labute approximate surface area is 180 Å². The van der Waals surface area contributed by atoms with Crippen molar-refractivity contribution in [2.45, 2.75) is 13.1 Å². The van der Waals surface area contributed by atoms with Gasteiger partial charge in [-0.25, -0.2) is 9.67 Å². The Morgan fingerprint density at radius 1 is 1.19 bits per heavy atom. The molecule has 0 bridgehead atoms. The molecule has 0 saturated heterocycles. The van der Waals surface area contributed by atoms with Crippen LogP contribution in [0.15, 0.2) is 48.8 Å². The van der Waals surface area contributed by atoms with Crippen LogP contribution in [-0.4, -0.2) is 45.1 Å². The van der Waals surface area contributed by atoms with Gasteiger partial charge in [-0.15, -0.1) is 0 Å². The molecule has 0 aliphatic carbocycles. The molecule has 0 aliphatic heterocycles. The van der Waals surface area contributed by atoms with E-state index in [9.17, 15) is 22.8 Å². The van der Waals surface area contributed by atoms with E-state index in [2.05, 4.69) is 15.4 Å². The van der Waals surface area contributed by atoms with Gasteiger partial charge < -0.3 is 10.2 Å². The van der Waals surface area contributed by atoms with E-state index >= 15 is 0 Å². The van der Waals surface area contributed by atoms with Crippen LogP contribution in [0.5, 0.6) is 0 Å². The van der Waals surface area contributed by atoms with Gasteiger partial charge in [0.25, 0.3) is 5.91 Å². The molecule has 0 atom stereocenters. The fourth-order valence-corrected chi connectivity index (χ4v) is 2.98. The molecule has 7 nitrogen and oxygen atoms in total. The third kappa shape index (κ3) is 5.21. The van der Waals surface area contributed by atoms with Crippen LogP contribution >= 0.6 is 11.6 Å². The highest BCUT2D eigenvalue weighted by molar-refractivity contribution is 6.30. The molecule has 0 aliphatic rings. The molecule has 0 radical (unpaired) electrons. The number of pyridine rings is 1. The van der Waals surface area contributed by atoms with E-state index in [4.69, 9.17) is 11.6 Å². The third-order valence-electron chi connectivity index (χ3n) is 4.37. The van der Waals surface area contributed by atoms with Crippen molar-refractivity contribution in [1.82, 2.24) is 19.7 Å². The van der Waals surface area contributed by atoms with Crippen LogP contribution in [0.3, 0.4) is 0 Å². The summed E-state index contributed by atoms with van der Waals surface area (Å²) in [5.41, 5.74) is 0.178. The van der Waals surface area contributed by atoms with Gasteiger partial charge in [-0.2, -0.15) is 18.3 Å². The van der Waals surface area contributed by atoms with Crippen molar-refractivity contribution >= 4 is 29.1 Å². The zero-order valence-electron chi connectivity index (χ0n) is 16.4. The number of anilines is 1. The lowest BCUT2D eigenvalue weighted by atomic mass is 10.2. The number of carbonyl (C=O) groups is 2. The number of nitrogens with zero attached hydrogens (tertiary/aromatic N) is 4. The molecule has 1 N–H and O–H groups in total. The summed E-state index contributed by atoms with van der Waals surface area (Å²) in [5, 5.41) is 7.15. The molecule has 0 saturated carbocycles. The first-order chi connectivity index (χ1) is 14.6. The normalized spacial score (nSPS) is 11.3. The lowest BCUT2D eigenvalue weighted by molar-refractivity contribution is -0.137. The molecule has 162 valence electrons. The maximum atomic E-state index is 12.7. The summed E-state index contributed by atoms with van der Waals surface area (Å²) in [6, 6.07) is 8.64. The standard InChI is InChI=1S/C20H17ClF3N5O2/c1-12-16(10-26-29(12)17-7-6-13(9-25-17)20(22,23)24)19(31)28(2)11-18(30)27-15-5-3-4-14(21)8-15/h3-10H,11H2,1-2H3,(H,27,30). The largest absolute Gasteiger partial charge is 0.417 e. The minimum absolute atomic E-state index is 0.130. The monoisotopic (exact) mass is 451 g/mol. The highest BCUT2D eigenvalue weighted by Crippen LogP contribution is 2.29. The molecular weight excluding hydrogens is 435 g/mol. The number of carbonyl (C=O) groups excluding carboxylic acids is 2. The van der Waals surface area contributed by atoms with Crippen molar-refractivity contribution in [3.8, 4) is 5.82 Å². The minimum atomic E-state index is -4.50. The van der Waals surface area contributed by atoms with Crippen LogP contribution in [0.25, 0.3) is 5.82 Å². The Morgan fingerprint density at radius 2 is 1.94 bits per heavy atom. The van der Waals surface area contributed by atoms with Crippen LogP contribution in [0.2, 0.25) is 5.02 Å². The maximum Gasteiger partial charge on any atom is 0.417 e. The maximum absolute atomic E-state index is 12.7. The van der Waals surface area contributed by atoms with Crippen LogP contribution in [0.1, 0.15) is 21.6 Å². The Hall–Kier alpha value is -3.40. The summed E-state index contributed by atoms with van der Waals surface area (Å²) in [4.78, 5) is 29.9. The summed E-state index contributed by atoms with van der Waals surface area (Å²) < 4.78 is 39.4. The van der Waals surface area contributed by atoms with Gasteiger partial charge in [-0.1, -0.05) is 17.7 Å². The molecule has 3 aromatic rings. The van der Waals surface area contributed by atoms with Crippen molar-refractivity contribution in [1.29, 1.82) is 0 Å². The molecule has 11 heteroatoms. The predicted octanol–water partition coefficient (Wildman–Crippen LogP) is 3.96. The van der Waals surface area contributed by atoms with Crippen molar-refractivity contribution in [2.75, 3.05) is 18.9 Å². The number of benzene rings is 1. The lowest BCUT2D eigenvalue weighted by Gasteiger charge is -2.17. The fourth-order valence-electron chi connectivity index (χ4n) is 2.79. The molecule has 2 amide bonds. The molecule has 2 heterocycles. The van der Waals surface area contributed by atoms with Crippen molar-refractivity contribution < 1.29 is 22.8 Å². The average Bonchev–Trinajstić information content (AvgIpc) is 3.08. The average molecular weight is 452 g/mol. The summed E-state index contributed by atoms with van der Waals surface area (Å²) in [5.74, 6) is -0.768. The van der Waals surface area contributed by atoms with Gasteiger partial charge in [-0.05, 0) is 37.3 Å². The van der Waals surface area contributed by atoms with E-state index in [0.717, 1.165) is 6.07 Å². The van der Waals surface area contributed by atoms with E-state index in [1.807, 2.05) is 0 Å². The zero-order chi connectivity index (χ0) is 22.8. The quantitative estimate of drug-likeness (QED) is 0.636. The zero-order valence-corrected chi connectivity index (χ0v) is 17.2. The molecule has 1 aromatic carbocycles. The van der Waals surface area contributed by atoms with E-state index in [0.29, 0.717) is 22.6 Å². The van der Waals surface area contributed by atoms with Gasteiger partial charge in [0.05, 0.1) is 29.6 Å². The summed E-state index contributed by atoms with van der Waals surface area (Å²) in [7, 11) is 1.45. The third-order valence-corrected chi connectivity index (χ3v) is 4.60. The Bertz CT molecular complexity index is 1110. The number of rotatable bonds is 5. The second-order valence-electron chi connectivity index (χ2n) is 6.68. The fraction of sp³-hybridized carbons (Fsp3) is 0.200. The number of alkyl halides is 3. The Morgan fingerprint density at radius 3 is 2.55 bits per heavy atom. The summed E-state index contributed by atoms with van der Waals surface area (Å²) >= 11 is 5.88. The topological polar surface area (TPSA) is 80.1 Å². The molecular formula is C20H17ClF3N5O2. The number of aromatic nitrogens is 3. The first kappa shape index (κ1) is 22.3. The van der Waals surface area contributed by atoms with Crippen molar-refractivity contribution in [3.63, 3.8) is 0 Å². The Balaban J connectivity index is 1.71. The van der Waals surface area contributed by atoms with Crippen LogP contribution in [-0.2, 0) is 11.0 Å². The number of hydrogen-bond donors (Lipinski definition) is 1. The number of nitrogens with one attached hydrogen (secondary N) is 1. The summed E-state index contributed by atoms with van der Waals surface area (Å²) in [6.45, 7) is 1.36. The van der Waals surface area contributed by atoms with Gasteiger partial charge in [0.2, 0.25) is 5.91 Å². The van der Waals surface area contributed by atoms with Gasteiger partial charge in [0.15, 0.2) is 5.82 Å². The second-order valence-corrected chi connectivity index (χ2v) is 7.11. The van der Waals surface area contributed by atoms with Gasteiger partial charge >= 0.3 is 6.18 Å². The smallest absolute Gasteiger partial charge is 0.332 e. The van der Waals surface area contributed by atoms with E-state index in [-0.39, 0.29) is 17.9 Å². The number of hydrogen-bond acceptors (Lipinski definition) is 4. The molecule has 0 spiro atoms. The predicted molar refractivity (Wildman–Crippen MR) is 108 cm³/mol. The van der Waals surface area contributed by atoms with Gasteiger partial charge in [0.1, 0.15) is 0 Å². The molecule has 2 aromatic heterocycles. The van der Waals surface area contributed by atoms with Crippen LogP contribution < -0.4 is 5.32 Å². The second kappa shape index (κ2) is 8.76. The van der Waals surface area contributed by atoms with Crippen molar-refractivity contribution in [2.24, 2.45) is 0 Å². The number of amides is 2. The molecule has 0 fully saturated rings. The van der Waals surface area contributed by atoms with Gasteiger partial charge in [0, 0.05) is 24.0 Å². The minimum Gasteiger partial charge on any atom is -0.332 e. The summed E-state index contributed by atoms with van der Waals surface area (Å²) in [6.07, 6.45) is -2.52. The molecule has 31 heavy (non-hydrogen) atoms. The van der Waals surface area contributed by atoms with E-state index in [1.165, 1.54) is 28.9 Å². The first-order valence-corrected chi connectivity index (χ1v) is 9.33. The Kier molecular flexibility index (Phi) is 6.30. The highest BCUT2D eigenvalue weighted by atomic mass is 35.5. The van der Waals surface area contributed by atoms with Crippen LogP contribution in [0.4, 0.5) is 18.9 Å². The van der Waals surface area contributed by atoms with E-state index < -0.39 is 23.6 Å². The number of halogens is 4. The highest BCUT2D eigenvalue weighted by Gasteiger charge is 2.31. The molecule has 0 unspecified atom stereocenters. The van der Waals surface area contributed by atoms with Gasteiger partial charge in [-0.3, -0.25) is 9.59 Å². The SMILES string of the molecule is Cc1c(C(=O)N(C)CC(=O)Nc2cccc(Cl)c2)cnn1-c1ccc(C(F)(F)F)cn1. The van der Waals surface area contributed by atoms with Crippen LogP contribution in [0, 0.1) is 6.92 Å². The molecule has 3 rings (SSSR count).